The van der Waals surface area contributed by atoms with Crippen molar-refractivity contribution >= 4 is 5.91 Å². The standard InChI is InChI=1S/C19H20N4O3/c1-13(2)17-12-16(22-26-17)19(25)20-10-11-23-18(24)9-8-15(21-23)14-6-4-3-5-7-14/h3-9,12-13H,10-11H2,1-2H3,(H,20,25). The molecule has 0 aliphatic carbocycles. The van der Waals surface area contributed by atoms with Gasteiger partial charge in [-0.3, -0.25) is 9.59 Å². The van der Waals surface area contributed by atoms with E-state index in [0.29, 0.717) is 11.5 Å². The third-order valence-corrected chi connectivity index (χ3v) is 3.88. The molecular formula is C19H20N4O3. The van der Waals surface area contributed by atoms with Crippen molar-refractivity contribution in [2.75, 3.05) is 6.54 Å². The zero-order chi connectivity index (χ0) is 18.5. The van der Waals surface area contributed by atoms with Gasteiger partial charge < -0.3 is 9.84 Å². The quantitative estimate of drug-likeness (QED) is 0.736. The van der Waals surface area contributed by atoms with Gasteiger partial charge in [-0.05, 0) is 6.07 Å². The highest BCUT2D eigenvalue weighted by Gasteiger charge is 2.14. The van der Waals surface area contributed by atoms with E-state index in [1.54, 1.807) is 12.1 Å². The molecular weight excluding hydrogens is 332 g/mol. The summed E-state index contributed by atoms with van der Waals surface area (Å²) in [5.41, 5.74) is 1.64. The minimum absolute atomic E-state index is 0.160. The fourth-order valence-corrected chi connectivity index (χ4v) is 2.41. The average molecular weight is 352 g/mol. The van der Waals surface area contributed by atoms with Crippen molar-refractivity contribution in [1.29, 1.82) is 0 Å². The van der Waals surface area contributed by atoms with E-state index >= 15 is 0 Å². The maximum atomic E-state index is 12.1. The molecule has 1 N–H and O–H groups in total. The maximum Gasteiger partial charge on any atom is 0.273 e. The van der Waals surface area contributed by atoms with Crippen LogP contribution in [-0.2, 0) is 6.54 Å². The van der Waals surface area contributed by atoms with E-state index in [0.717, 1.165) is 5.56 Å². The molecule has 26 heavy (non-hydrogen) atoms. The Bertz CT molecular complexity index is 945. The van der Waals surface area contributed by atoms with Gasteiger partial charge in [0.15, 0.2) is 5.69 Å². The number of nitrogens with zero attached hydrogens (tertiary/aromatic N) is 3. The predicted molar refractivity (Wildman–Crippen MR) is 96.9 cm³/mol. The summed E-state index contributed by atoms with van der Waals surface area (Å²) < 4.78 is 6.46. The van der Waals surface area contributed by atoms with Crippen LogP contribution in [0.5, 0.6) is 0 Å². The molecule has 0 aliphatic heterocycles. The predicted octanol–water partition coefficient (Wildman–Crippen LogP) is 2.45. The normalized spacial score (nSPS) is 10.9. The molecule has 1 amide bonds. The second-order valence-corrected chi connectivity index (χ2v) is 6.17. The number of aromatic nitrogens is 3. The second kappa shape index (κ2) is 7.77. The zero-order valence-corrected chi connectivity index (χ0v) is 14.7. The fourth-order valence-electron chi connectivity index (χ4n) is 2.41. The highest BCUT2D eigenvalue weighted by atomic mass is 16.5. The Morgan fingerprint density at radius 3 is 2.65 bits per heavy atom. The van der Waals surface area contributed by atoms with Crippen molar-refractivity contribution in [3.8, 4) is 11.3 Å². The molecule has 2 heterocycles. The van der Waals surface area contributed by atoms with Crippen molar-refractivity contribution in [2.45, 2.75) is 26.3 Å². The van der Waals surface area contributed by atoms with Gasteiger partial charge >= 0.3 is 0 Å². The number of carbonyl (C=O) groups excluding carboxylic acids is 1. The van der Waals surface area contributed by atoms with Crippen LogP contribution in [0.2, 0.25) is 0 Å². The summed E-state index contributed by atoms with van der Waals surface area (Å²) in [4.78, 5) is 24.1. The van der Waals surface area contributed by atoms with Crippen LogP contribution in [0.3, 0.4) is 0 Å². The Labute approximate surface area is 150 Å². The number of rotatable bonds is 6. The fraction of sp³-hybridized carbons (Fsp3) is 0.263. The average Bonchev–Trinajstić information content (AvgIpc) is 3.14. The summed E-state index contributed by atoms with van der Waals surface area (Å²) >= 11 is 0. The molecule has 134 valence electrons. The van der Waals surface area contributed by atoms with Gasteiger partial charge in [-0.1, -0.05) is 49.3 Å². The van der Waals surface area contributed by atoms with E-state index < -0.39 is 0 Å². The van der Waals surface area contributed by atoms with Crippen LogP contribution >= 0.6 is 0 Å². The van der Waals surface area contributed by atoms with Crippen molar-refractivity contribution in [2.24, 2.45) is 0 Å². The summed E-state index contributed by atoms with van der Waals surface area (Å²) in [6.45, 7) is 4.44. The molecule has 7 heteroatoms. The zero-order valence-electron chi connectivity index (χ0n) is 14.7. The molecule has 3 rings (SSSR count). The Balaban J connectivity index is 1.64. The molecule has 3 aromatic rings. The summed E-state index contributed by atoms with van der Waals surface area (Å²) in [7, 11) is 0. The molecule has 0 bridgehead atoms. The number of hydrogen-bond acceptors (Lipinski definition) is 5. The minimum Gasteiger partial charge on any atom is -0.360 e. The van der Waals surface area contributed by atoms with E-state index in [2.05, 4.69) is 15.6 Å². The molecule has 1 aromatic carbocycles. The summed E-state index contributed by atoms with van der Waals surface area (Å²) in [5, 5.41) is 10.8. The molecule has 0 unspecified atom stereocenters. The highest BCUT2D eigenvalue weighted by Crippen LogP contribution is 2.15. The Morgan fingerprint density at radius 2 is 1.96 bits per heavy atom. The van der Waals surface area contributed by atoms with Gasteiger partial charge in [-0.15, -0.1) is 0 Å². The molecule has 2 aromatic heterocycles. The van der Waals surface area contributed by atoms with Gasteiger partial charge in [0.05, 0.1) is 12.2 Å². The number of hydrogen-bond donors (Lipinski definition) is 1. The van der Waals surface area contributed by atoms with Gasteiger partial charge in [0.1, 0.15) is 5.76 Å². The first kappa shape index (κ1) is 17.6. The van der Waals surface area contributed by atoms with Crippen LogP contribution in [-0.4, -0.2) is 27.4 Å². The van der Waals surface area contributed by atoms with Crippen molar-refractivity contribution in [1.82, 2.24) is 20.3 Å². The first-order chi connectivity index (χ1) is 12.5. The molecule has 7 nitrogen and oxygen atoms in total. The highest BCUT2D eigenvalue weighted by molar-refractivity contribution is 5.92. The van der Waals surface area contributed by atoms with Crippen LogP contribution < -0.4 is 10.9 Å². The van der Waals surface area contributed by atoms with E-state index in [1.807, 2.05) is 44.2 Å². The number of nitrogens with one attached hydrogen (secondary N) is 1. The molecule has 0 saturated carbocycles. The largest absolute Gasteiger partial charge is 0.360 e. The third-order valence-electron chi connectivity index (χ3n) is 3.88. The van der Waals surface area contributed by atoms with Gasteiger partial charge in [0, 0.05) is 30.2 Å². The lowest BCUT2D eigenvalue weighted by atomic mass is 10.1. The van der Waals surface area contributed by atoms with E-state index in [9.17, 15) is 9.59 Å². The van der Waals surface area contributed by atoms with Gasteiger partial charge in [-0.25, -0.2) is 4.68 Å². The van der Waals surface area contributed by atoms with Crippen LogP contribution in [0, 0.1) is 0 Å². The lowest BCUT2D eigenvalue weighted by molar-refractivity contribution is 0.0942. The second-order valence-electron chi connectivity index (χ2n) is 6.17. The van der Waals surface area contributed by atoms with Crippen LogP contribution in [0.25, 0.3) is 11.3 Å². The summed E-state index contributed by atoms with van der Waals surface area (Å²) in [6, 6.07) is 14.4. The molecule has 0 atom stereocenters. The van der Waals surface area contributed by atoms with Crippen LogP contribution in [0.1, 0.15) is 36.0 Å². The number of amides is 1. The van der Waals surface area contributed by atoms with Gasteiger partial charge in [-0.2, -0.15) is 5.10 Å². The molecule has 0 fully saturated rings. The van der Waals surface area contributed by atoms with E-state index in [1.165, 1.54) is 10.7 Å². The third kappa shape index (κ3) is 4.05. The first-order valence-electron chi connectivity index (χ1n) is 8.43. The van der Waals surface area contributed by atoms with Crippen molar-refractivity contribution < 1.29 is 9.32 Å². The summed E-state index contributed by atoms with van der Waals surface area (Å²) in [5.74, 6) is 0.476. The summed E-state index contributed by atoms with van der Waals surface area (Å²) in [6.07, 6.45) is 0. The monoisotopic (exact) mass is 352 g/mol. The topological polar surface area (TPSA) is 90.0 Å². The Hall–Kier alpha value is -3.22. The molecule has 0 saturated heterocycles. The molecule has 0 radical (unpaired) electrons. The van der Waals surface area contributed by atoms with Crippen LogP contribution in [0.15, 0.2) is 57.8 Å². The number of benzene rings is 1. The first-order valence-corrected chi connectivity index (χ1v) is 8.43. The minimum atomic E-state index is -0.340. The lowest BCUT2D eigenvalue weighted by Crippen LogP contribution is -2.32. The smallest absolute Gasteiger partial charge is 0.273 e. The SMILES string of the molecule is CC(C)c1cc(C(=O)NCCn2nc(-c3ccccc3)ccc2=O)no1. The lowest BCUT2D eigenvalue weighted by Gasteiger charge is -2.07. The van der Waals surface area contributed by atoms with Gasteiger partial charge in [0.2, 0.25) is 0 Å². The van der Waals surface area contributed by atoms with Crippen molar-refractivity contribution in [3.63, 3.8) is 0 Å². The maximum absolute atomic E-state index is 12.1. The van der Waals surface area contributed by atoms with E-state index in [-0.39, 0.29) is 36.2 Å². The molecule has 0 aliphatic rings. The van der Waals surface area contributed by atoms with Crippen molar-refractivity contribution in [3.05, 3.63) is 70.3 Å². The van der Waals surface area contributed by atoms with E-state index in [4.69, 9.17) is 4.52 Å². The Morgan fingerprint density at radius 1 is 1.19 bits per heavy atom. The molecule has 0 spiro atoms. The van der Waals surface area contributed by atoms with Crippen LogP contribution in [0.4, 0.5) is 0 Å². The Kier molecular flexibility index (Phi) is 5.26. The number of carbonyl (C=O) groups is 1. The van der Waals surface area contributed by atoms with Gasteiger partial charge in [0.25, 0.3) is 11.5 Å².